The summed E-state index contributed by atoms with van der Waals surface area (Å²) >= 11 is 0. The number of esters is 2. The molecule has 0 aliphatic rings. The first-order chi connectivity index (χ1) is 8.01. The molecule has 94 valence electrons. The van der Waals surface area contributed by atoms with Gasteiger partial charge in [-0.2, -0.15) is 5.10 Å². The van der Waals surface area contributed by atoms with Gasteiger partial charge in [-0.25, -0.2) is 9.59 Å². The molecular weight excluding hydrogens is 226 g/mol. The quantitative estimate of drug-likeness (QED) is 0.752. The van der Waals surface area contributed by atoms with Crippen molar-refractivity contribution in [2.24, 2.45) is 0 Å². The molecule has 2 N–H and O–H groups in total. The Morgan fingerprint density at radius 3 is 2.65 bits per heavy atom. The summed E-state index contributed by atoms with van der Waals surface area (Å²) in [6.07, 6.45) is 0. The first-order valence-electron chi connectivity index (χ1n) is 5.08. The number of anilines is 1. The standard InChI is InChI=1S/C10H15N3O4/c1-4-13-9(8(11)6(2)12-13)10(15)17-5-7(14)16-3/h4-5,11H2,1-3H3. The summed E-state index contributed by atoms with van der Waals surface area (Å²) in [7, 11) is 1.21. The summed E-state index contributed by atoms with van der Waals surface area (Å²) in [5.74, 6) is -1.31. The summed E-state index contributed by atoms with van der Waals surface area (Å²) in [6, 6.07) is 0. The molecule has 0 unspecified atom stereocenters. The minimum Gasteiger partial charge on any atom is -0.466 e. The number of hydrogen-bond acceptors (Lipinski definition) is 6. The lowest BCUT2D eigenvalue weighted by Gasteiger charge is -2.05. The van der Waals surface area contributed by atoms with Crippen molar-refractivity contribution >= 4 is 17.6 Å². The Bertz CT molecular complexity index is 439. The molecule has 0 radical (unpaired) electrons. The third-order valence-electron chi connectivity index (χ3n) is 2.22. The number of methoxy groups -OCH3 is 1. The van der Waals surface area contributed by atoms with Crippen LogP contribution >= 0.6 is 0 Å². The molecule has 0 bridgehead atoms. The molecule has 7 heteroatoms. The molecule has 17 heavy (non-hydrogen) atoms. The zero-order valence-electron chi connectivity index (χ0n) is 10.0. The van der Waals surface area contributed by atoms with E-state index >= 15 is 0 Å². The van der Waals surface area contributed by atoms with Gasteiger partial charge in [0.2, 0.25) is 0 Å². The Labute approximate surface area is 98.5 Å². The smallest absolute Gasteiger partial charge is 0.359 e. The zero-order chi connectivity index (χ0) is 13.0. The first-order valence-corrected chi connectivity index (χ1v) is 5.08. The Morgan fingerprint density at radius 1 is 1.47 bits per heavy atom. The van der Waals surface area contributed by atoms with E-state index in [4.69, 9.17) is 10.5 Å². The molecule has 0 aliphatic carbocycles. The van der Waals surface area contributed by atoms with Crippen LogP contribution in [0.2, 0.25) is 0 Å². The van der Waals surface area contributed by atoms with Crippen molar-refractivity contribution in [3.63, 3.8) is 0 Å². The minimum absolute atomic E-state index is 0.161. The molecule has 0 aromatic carbocycles. The Balaban J connectivity index is 2.85. The monoisotopic (exact) mass is 241 g/mol. The van der Waals surface area contributed by atoms with Gasteiger partial charge in [0, 0.05) is 6.54 Å². The van der Waals surface area contributed by atoms with Gasteiger partial charge >= 0.3 is 11.9 Å². The predicted octanol–water partition coefficient (Wildman–Crippen LogP) is 0.123. The Kier molecular flexibility index (Phi) is 4.08. The lowest BCUT2D eigenvalue weighted by atomic mass is 10.3. The van der Waals surface area contributed by atoms with Crippen LogP contribution < -0.4 is 5.73 Å². The van der Waals surface area contributed by atoms with Gasteiger partial charge in [-0.1, -0.05) is 0 Å². The Morgan fingerprint density at radius 2 is 2.12 bits per heavy atom. The minimum atomic E-state index is -0.685. The number of hydrogen-bond donors (Lipinski definition) is 1. The van der Waals surface area contributed by atoms with E-state index in [0.717, 1.165) is 0 Å². The molecule has 0 aliphatic heterocycles. The van der Waals surface area contributed by atoms with Gasteiger partial charge in [0.1, 0.15) is 0 Å². The fourth-order valence-electron chi connectivity index (χ4n) is 1.29. The summed E-state index contributed by atoms with van der Waals surface area (Å²) in [5, 5.41) is 4.07. The first kappa shape index (κ1) is 13.0. The summed E-state index contributed by atoms with van der Waals surface area (Å²) < 4.78 is 10.6. The number of carbonyl (C=O) groups excluding carboxylic acids is 2. The van der Waals surface area contributed by atoms with Gasteiger partial charge in [0.05, 0.1) is 18.5 Å². The SMILES string of the molecule is CCn1nc(C)c(N)c1C(=O)OCC(=O)OC. The molecule has 0 saturated heterocycles. The van der Waals surface area contributed by atoms with E-state index in [1.54, 1.807) is 6.92 Å². The van der Waals surface area contributed by atoms with Crippen molar-refractivity contribution in [1.82, 2.24) is 9.78 Å². The van der Waals surface area contributed by atoms with Crippen LogP contribution in [0, 0.1) is 6.92 Å². The maximum absolute atomic E-state index is 11.7. The van der Waals surface area contributed by atoms with Crippen molar-refractivity contribution in [3.8, 4) is 0 Å². The summed E-state index contributed by atoms with van der Waals surface area (Å²) in [4.78, 5) is 22.5. The largest absolute Gasteiger partial charge is 0.466 e. The Hall–Kier alpha value is -2.05. The highest BCUT2D eigenvalue weighted by atomic mass is 16.6. The molecule has 0 fully saturated rings. The van der Waals surface area contributed by atoms with Crippen LogP contribution in [-0.4, -0.2) is 35.4 Å². The van der Waals surface area contributed by atoms with Crippen LogP contribution in [0.3, 0.4) is 0 Å². The van der Waals surface area contributed by atoms with Crippen LogP contribution in [0.4, 0.5) is 5.69 Å². The molecule has 7 nitrogen and oxygen atoms in total. The topological polar surface area (TPSA) is 96.4 Å². The lowest BCUT2D eigenvalue weighted by Crippen LogP contribution is -2.19. The van der Waals surface area contributed by atoms with Crippen molar-refractivity contribution in [3.05, 3.63) is 11.4 Å². The number of carbonyl (C=O) groups is 2. The molecule has 1 aromatic rings. The summed E-state index contributed by atoms with van der Waals surface area (Å²) in [5.41, 5.74) is 6.70. The highest BCUT2D eigenvalue weighted by Crippen LogP contribution is 2.17. The van der Waals surface area contributed by atoms with Gasteiger partial charge in [-0.3, -0.25) is 4.68 Å². The van der Waals surface area contributed by atoms with Gasteiger partial charge in [0.25, 0.3) is 0 Å². The van der Waals surface area contributed by atoms with Gasteiger partial charge in [0.15, 0.2) is 12.3 Å². The van der Waals surface area contributed by atoms with Crippen LogP contribution in [-0.2, 0) is 20.8 Å². The van der Waals surface area contributed by atoms with Gasteiger partial charge < -0.3 is 15.2 Å². The van der Waals surface area contributed by atoms with Crippen molar-refractivity contribution in [1.29, 1.82) is 0 Å². The van der Waals surface area contributed by atoms with Crippen LogP contribution in [0.1, 0.15) is 23.1 Å². The third-order valence-corrected chi connectivity index (χ3v) is 2.22. The van der Waals surface area contributed by atoms with E-state index in [1.165, 1.54) is 11.8 Å². The van der Waals surface area contributed by atoms with Crippen molar-refractivity contribution in [2.75, 3.05) is 19.5 Å². The van der Waals surface area contributed by atoms with Crippen LogP contribution in [0.15, 0.2) is 0 Å². The number of aryl methyl sites for hydroxylation is 2. The lowest BCUT2D eigenvalue weighted by molar-refractivity contribution is -0.144. The highest BCUT2D eigenvalue weighted by Gasteiger charge is 2.21. The van der Waals surface area contributed by atoms with E-state index in [1.807, 2.05) is 6.92 Å². The average molecular weight is 241 g/mol. The molecule has 0 spiro atoms. The fraction of sp³-hybridized carbons (Fsp3) is 0.500. The normalized spacial score (nSPS) is 10.1. The van der Waals surface area contributed by atoms with E-state index < -0.39 is 18.5 Å². The second-order valence-corrected chi connectivity index (χ2v) is 3.32. The number of nitrogen functional groups attached to an aromatic ring is 1. The van der Waals surface area contributed by atoms with E-state index in [0.29, 0.717) is 12.2 Å². The zero-order valence-corrected chi connectivity index (χ0v) is 10.0. The maximum Gasteiger partial charge on any atom is 0.359 e. The van der Waals surface area contributed by atoms with E-state index in [9.17, 15) is 9.59 Å². The fourth-order valence-corrected chi connectivity index (χ4v) is 1.29. The molecule has 0 amide bonds. The van der Waals surface area contributed by atoms with Crippen LogP contribution in [0.25, 0.3) is 0 Å². The third kappa shape index (κ3) is 2.74. The average Bonchev–Trinajstić information content (AvgIpc) is 2.61. The summed E-state index contributed by atoms with van der Waals surface area (Å²) in [6.45, 7) is 3.56. The number of aromatic nitrogens is 2. The number of nitrogens with two attached hydrogens (primary N) is 1. The van der Waals surface area contributed by atoms with Crippen molar-refractivity contribution in [2.45, 2.75) is 20.4 Å². The molecular formula is C10H15N3O4. The number of nitrogens with zero attached hydrogens (tertiary/aromatic N) is 2. The maximum atomic E-state index is 11.7. The molecule has 1 heterocycles. The van der Waals surface area contributed by atoms with Crippen molar-refractivity contribution < 1.29 is 19.1 Å². The number of ether oxygens (including phenoxy) is 2. The second-order valence-electron chi connectivity index (χ2n) is 3.32. The van der Waals surface area contributed by atoms with E-state index in [-0.39, 0.29) is 11.4 Å². The van der Waals surface area contributed by atoms with Crippen LogP contribution in [0.5, 0.6) is 0 Å². The van der Waals surface area contributed by atoms with Gasteiger partial charge in [-0.15, -0.1) is 0 Å². The number of rotatable bonds is 4. The van der Waals surface area contributed by atoms with E-state index in [2.05, 4.69) is 9.84 Å². The molecule has 1 rings (SSSR count). The molecule has 0 saturated carbocycles. The predicted molar refractivity (Wildman–Crippen MR) is 59.3 cm³/mol. The molecule has 0 atom stereocenters. The highest BCUT2D eigenvalue weighted by molar-refractivity contribution is 5.94. The van der Waals surface area contributed by atoms with Gasteiger partial charge in [-0.05, 0) is 13.8 Å². The molecule has 1 aromatic heterocycles. The second kappa shape index (κ2) is 5.33.